The number of hydrogen-bond acceptors (Lipinski definition) is 0. The minimum atomic E-state index is 0.523. The van der Waals surface area contributed by atoms with Gasteiger partial charge < -0.3 is 4.48 Å². The Bertz CT molecular complexity index is 889. The molecule has 0 aromatic carbocycles. The molecule has 0 amide bonds. The normalized spacial score (nSPS) is 29.5. The molecule has 50 heavy (non-hydrogen) atoms. The van der Waals surface area contributed by atoms with Crippen molar-refractivity contribution in [3.05, 3.63) is 69.6 Å². The largest absolute Gasteiger partial charge is 0.300 e. The molecule has 0 aromatic rings. The van der Waals surface area contributed by atoms with E-state index in [0.717, 1.165) is 40.0 Å². The van der Waals surface area contributed by atoms with Crippen molar-refractivity contribution in [2.24, 2.45) is 46.3 Å². The predicted molar refractivity (Wildman–Crippen MR) is 234 cm³/mol. The van der Waals surface area contributed by atoms with Crippen molar-refractivity contribution >= 4 is 0 Å². The molecule has 1 nitrogen and oxygen atoms in total. The summed E-state index contributed by atoms with van der Waals surface area (Å²) in [5, 5.41) is 0. The summed E-state index contributed by atoms with van der Waals surface area (Å²) in [6.07, 6.45) is 28.2. The highest BCUT2D eigenvalue weighted by Gasteiger charge is 2.58. The summed E-state index contributed by atoms with van der Waals surface area (Å²) in [4.78, 5) is 0. The first-order valence-corrected chi connectivity index (χ1v) is 21.5. The summed E-state index contributed by atoms with van der Waals surface area (Å²) >= 11 is 0. The van der Waals surface area contributed by atoms with Gasteiger partial charge in [-0.15, -0.1) is 32.0 Å². The molecule has 294 valence electrons. The number of fused-ring (bicyclic) bond motifs is 5. The van der Waals surface area contributed by atoms with Crippen molar-refractivity contribution in [1.29, 1.82) is 0 Å². The minimum Gasteiger partial charge on any atom is -0.300 e. The van der Waals surface area contributed by atoms with Gasteiger partial charge in [0.15, 0.2) is 0 Å². The Morgan fingerprint density at radius 1 is 0.820 bits per heavy atom. The standard InChI is InChI=1S/C36H64N.C3H4.3C2H6.2C2H4/c1-8-25-37(7,9-2)26-13-12-15-29-21-23-36(6)31(27-29)17-19-32-33-20-18-30(16-11-10-14-28(3)4)35(33,5)24-22-34(32)36;1-3-2;5*1-2/h9,17,28-30,32-34H,2,8,10-16,18-27H2,1,3-7H3;1-2H2;3*1-2H3;2*1-2H2/q+1;;;;;;. The molecule has 0 heterocycles. The second-order valence-electron chi connectivity index (χ2n) is 15.7. The summed E-state index contributed by atoms with van der Waals surface area (Å²) in [5.41, 5.74) is 5.32. The predicted octanol–water partition coefficient (Wildman–Crippen LogP) is 16.2. The van der Waals surface area contributed by atoms with Crippen LogP contribution < -0.4 is 0 Å². The van der Waals surface area contributed by atoms with Crippen LogP contribution >= 0.6 is 0 Å². The van der Waals surface area contributed by atoms with Gasteiger partial charge in [-0.1, -0.05) is 120 Å². The minimum absolute atomic E-state index is 0.523. The lowest BCUT2D eigenvalue weighted by molar-refractivity contribution is -0.859. The summed E-state index contributed by atoms with van der Waals surface area (Å²) in [6, 6.07) is 0. The number of allylic oxidation sites excluding steroid dienone is 2. The number of nitrogens with zero attached hydrogens (tertiary/aromatic N) is 1. The molecule has 3 fully saturated rings. The molecule has 0 spiro atoms. The first kappa shape index (κ1) is 52.8. The second kappa shape index (κ2) is 30.0. The zero-order valence-electron chi connectivity index (χ0n) is 36.7. The van der Waals surface area contributed by atoms with Gasteiger partial charge in [0.05, 0.1) is 26.3 Å². The fourth-order valence-electron chi connectivity index (χ4n) is 10.2. The van der Waals surface area contributed by atoms with Crippen molar-refractivity contribution in [2.45, 2.75) is 179 Å². The Balaban J connectivity index is -0.00000152. The fraction of sp³-hybridized carbons (Fsp3) is 0.776. The van der Waals surface area contributed by atoms with E-state index in [1.807, 2.05) is 47.1 Å². The first-order valence-electron chi connectivity index (χ1n) is 21.5. The SMILES string of the molecule is C=C.C=C.C=C=C.C=C[N+](C)(CCC)CCCCC1CCC2(C)C(=CCC3C2CCC2(C)C(CCCCC(C)C)CCC32)C1.CC.CC.CC. The van der Waals surface area contributed by atoms with Crippen molar-refractivity contribution in [2.75, 3.05) is 20.1 Å². The molecule has 4 aliphatic carbocycles. The van der Waals surface area contributed by atoms with Gasteiger partial charge >= 0.3 is 0 Å². The van der Waals surface area contributed by atoms with Crippen molar-refractivity contribution in [1.82, 2.24) is 0 Å². The zero-order valence-corrected chi connectivity index (χ0v) is 36.7. The van der Waals surface area contributed by atoms with E-state index in [1.54, 1.807) is 0 Å². The van der Waals surface area contributed by atoms with Gasteiger partial charge in [-0.3, -0.25) is 0 Å². The maximum Gasteiger partial charge on any atom is 0.0883 e. The summed E-state index contributed by atoms with van der Waals surface area (Å²) < 4.78 is 1.05. The maximum absolute atomic E-state index is 4.12. The third-order valence-electron chi connectivity index (χ3n) is 12.7. The summed E-state index contributed by atoms with van der Waals surface area (Å²) in [7, 11) is 2.36. The molecular formula is C49H94N+. The summed E-state index contributed by atoms with van der Waals surface area (Å²) in [5.74, 6) is 5.80. The highest BCUT2D eigenvalue weighted by atomic mass is 15.3. The van der Waals surface area contributed by atoms with Gasteiger partial charge in [-0.2, -0.15) is 0 Å². The van der Waals surface area contributed by atoms with Crippen molar-refractivity contribution in [3.8, 4) is 0 Å². The van der Waals surface area contributed by atoms with E-state index in [-0.39, 0.29) is 0 Å². The van der Waals surface area contributed by atoms with Gasteiger partial charge in [-0.05, 0) is 136 Å². The summed E-state index contributed by atoms with van der Waals surface area (Å²) in [6.45, 7) is 49.4. The molecule has 8 atom stereocenters. The molecular weight excluding hydrogens is 603 g/mol. The number of quaternary nitrogens is 1. The monoisotopic (exact) mass is 697 g/mol. The molecule has 0 radical (unpaired) electrons. The molecule has 0 aromatic heterocycles. The van der Waals surface area contributed by atoms with E-state index in [1.165, 1.54) is 116 Å². The van der Waals surface area contributed by atoms with Gasteiger partial charge in [0.1, 0.15) is 0 Å². The van der Waals surface area contributed by atoms with Crippen LogP contribution in [0.3, 0.4) is 0 Å². The Labute approximate surface area is 318 Å². The average molecular weight is 697 g/mol. The Morgan fingerprint density at radius 2 is 1.40 bits per heavy atom. The fourth-order valence-corrected chi connectivity index (χ4v) is 10.2. The highest BCUT2D eigenvalue weighted by Crippen LogP contribution is 2.67. The third-order valence-corrected chi connectivity index (χ3v) is 12.7. The van der Waals surface area contributed by atoms with E-state index in [9.17, 15) is 0 Å². The van der Waals surface area contributed by atoms with Gasteiger partial charge in [0.2, 0.25) is 0 Å². The molecule has 8 unspecified atom stereocenters. The molecule has 0 aliphatic heterocycles. The number of unbranched alkanes of at least 4 members (excludes halogenated alkanes) is 2. The third kappa shape index (κ3) is 15.6. The van der Waals surface area contributed by atoms with Gasteiger partial charge in [0, 0.05) is 0 Å². The van der Waals surface area contributed by atoms with Crippen LogP contribution in [0.4, 0.5) is 0 Å². The van der Waals surface area contributed by atoms with Crippen LogP contribution in [0.5, 0.6) is 0 Å². The second-order valence-corrected chi connectivity index (χ2v) is 15.7. The topological polar surface area (TPSA) is 0 Å². The van der Waals surface area contributed by atoms with Crippen LogP contribution in [0.1, 0.15) is 179 Å². The van der Waals surface area contributed by atoms with Gasteiger partial charge in [-0.25, -0.2) is 0 Å². The lowest BCUT2D eigenvalue weighted by atomic mass is 9.46. The van der Waals surface area contributed by atoms with Crippen LogP contribution in [-0.4, -0.2) is 24.6 Å². The highest BCUT2D eigenvalue weighted by molar-refractivity contribution is 5.25. The van der Waals surface area contributed by atoms with Crippen LogP contribution in [-0.2, 0) is 0 Å². The van der Waals surface area contributed by atoms with E-state index in [2.05, 4.69) is 106 Å². The van der Waals surface area contributed by atoms with Gasteiger partial charge in [0.25, 0.3) is 0 Å². The molecule has 0 N–H and O–H groups in total. The van der Waals surface area contributed by atoms with Crippen LogP contribution in [0.25, 0.3) is 0 Å². The Kier molecular flexibility index (Phi) is 31.6. The Hall–Kier alpha value is -1.56. The molecule has 3 saturated carbocycles. The van der Waals surface area contributed by atoms with E-state index < -0.39 is 0 Å². The number of rotatable bonds is 13. The van der Waals surface area contributed by atoms with E-state index in [4.69, 9.17) is 0 Å². The average Bonchev–Trinajstić information content (AvgIpc) is 3.49. The smallest absolute Gasteiger partial charge is 0.0883 e. The van der Waals surface area contributed by atoms with Crippen molar-refractivity contribution in [3.63, 3.8) is 0 Å². The molecule has 0 saturated heterocycles. The maximum atomic E-state index is 4.12. The molecule has 4 rings (SSSR count). The van der Waals surface area contributed by atoms with Crippen LogP contribution in [0, 0.1) is 46.3 Å². The van der Waals surface area contributed by atoms with E-state index in [0.29, 0.717) is 10.8 Å². The Morgan fingerprint density at radius 3 is 1.94 bits per heavy atom. The quantitative estimate of drug-likeness (QED) is 0.0778. The first-order chi connectivity index (χ1) is 24.1. The molecule has 4 aliphatic rings. The van der Waals surface area contributed by atoms with Crippen LogP contribution in [0.15, 0.2) is 69.6 Å². The van der Waals surface area contributed by atoms with Crippen LogP contribution in [0.2, 0.25) is 0 Å². The lowest BCUT2D eigenvalue weighted by Gasteiger charge is -2.58. The molecule has 0 bridgehead atoms. The zero-order chi connectivity index (χ0) is 39.4. The molecule has 1 heteroatoms. The lowest BCUT2D eigenvalue weighted by Crippen LogP contribution is -2.50. The van der Waals surface area contributed by atoms with Crippen molar-refractivity contribution < 1.29 is 4.48 Å². The number of hydrogen-bond donors (Lipinski definition) is 0. The van der Waals surface area contributed by atoms with E-state index >= 15 is 0 Å².